The Labute approximate surface area is 69.0 Å². The normalized spacial score (nSPS) is 0. The third kappa shape index (κ3) is 8.96. The number of hydrogen-bond acceptors (Lipinski definition) is 0. The summed E-state index contributed by atoms with van der Waals surface area (Å²) in [6.07, 6.45) is 0. The Hall–Kier alpha value is 2.06. The SMILES string of the molecule is [Cl-].[Cl-].[Mg+2].[Ti+4]. The minimum Gasteiger partial charge on any atom is -1.00 e. The fourth-order valence-electron chi connectivity index (χ4n) is 0. The molecule has 0 aliphatic carbocycles. The van der Waals surface area contributed by atoms with Gasteiger partial charge in [0.1, 0.15) is 0 Å². The molecule has 0 aromatic carbocycles. The van der Waals surface area contributed by atoms with Crippen LogP contribution in [0.1, 0.15) is 0 Å². The molecular formula is Cl2MgTi+4. The van der Waals surface area contributed by atoms with Gasteiger partial charge in [-0.3, -0.25) is 0 Å². The number of halogens is 2. The van der Waals surface area contributed by atoms with Gasteiger partial charge in [-0.2, -0.15) is 0 Å². The van der Waals surface area contributed by atoms with Crippen LogP contribution in [-0.2, 0) is 21.7 Å². The van der Waals surface area contributed by atoms with Gasteiger partial charge in [-0.25, -0.2) is 0 Å². The van der Waals surface area contributed by atoms with Crippen molar-refractivity contribution < 1.29 is 46.5 Å². The zero-order valence-corrected chi connectivity index (χ0v) is 6.45. The van der Waals surface area contributed by atoms with Gasteiger partial charge in [-0.05, 0) is 0 Å². The summed E-state index contributed by atoms with van der Waals surface area (Å²) in [4.78, 5) is 0. The molecule has 0 atom stereocenters. The minimum atomic E-state index is 0. The van der Waals surface area contributed by atoms with Crippen LogP contribution in [0.4, 0.5) is 0 Å². The summed E-state index contributed by atoms with van der Waals surface area (Å²) in [6, 6.07) is 0. The average Bonchev–Trinajstić information content (AvgIpc) is 0. The van der Waals surface area contributed by atoms with Gasteiger partial charge in [-0.1, -0.05) is 0 Å². The van der Waals surface area contributed by atoms with Crippen molar-refractivity contribution in [2.45, 2.75) is 0 Å². The van der Waals surface area contributed by atoms with Crippen molar-refractivity contribution in [3.63, 3.8) is 0 Å². The molecule has 0 heterocycles. The van der Waals surface area contributed by atoms with E-state index in [2.05, 4.69) is 0 Å². The Balaban J connectivity index is 0. The van der Waals surface area contributed by atoms with Gasteiger partial charge >= 0.3 is 44.8 Å². The van der Waals surface area contributed by atoms with Crippen LogP contribution in [0.5, 0.6) is 0 Å². The molecule has 0 aromatic heterocycles. The molecule has 0 aromatic rings. The first-order valence-corrected chi connectivity index (χ1v) is 0. The van der Waals surface area contributed by atoms with E-state index in [0.29, 0.717) is 0 Å². The van der Waals surface area contributed by atoms with Crippen molar-refractivity contribution in [1.82, 2.24) is 0 Å². The Morgan fingerprint density at radius 2 is 0.750 bits per heavy atom. The monoisotopic (exact) mass is 142 g/mol. The van der Waals surface area contributed by atoms with E-state index in [9.17, 15) is 0 Å². The molecule has 0 radical (unpaired) electrons. The van der Waals surface area contributed by atoms with Crippen LogP contribution in [0.15, 0.2) is 0 Å². The molecule has 0 fully saturated rings. The zero-order valence-electron chi connectivity index (χ0n) is 1.96. The van der Waals surface area contributed by atoms with E-state index in [1.807, 2.05) is 0 Å². The van der Waals surface area contributed by atoms with E-state index in [0.717, 1.165) is 0 Å². The Kier molecular flexibility index (Phi) is 180. The summed E-state index contributed by atoms with van der Waals surface area (Å²) in [6.45, 7) is 0. The van der Waals surface area contributed by atoms with Gasteiger partial charge < -0.3 is 24.8 Å². The molecule has 0 unspecified atom stereocenters. The van der Waals surface area contributed by atoms with E-state index in [1.54, 1.807) is 0 Å². The first-order valence-electron chi connectivity index (χ1n) is 0. The van der Waals surface area contributed by atoms with Crippen LogP contribution < -0.4 is 24.8 Å². The standard InChI is InChI=1S/2ClH.Mg.Ti/h2*1H;;/q;;+2;+4/p-2. The van der Waals surface area contributed by atoms with Crippen molar-refractivity contribution in [3.05, 3.63) is 0 Å². The molecule has 0 rings (SSSR count). The summed E-state index contributed by atoms with van der Waals surface area (Å²) in [5.41, 5.74) is 0. The fraction of sp³-hybridized carbons (Fsp3) is 0. The third-order valence-electron chi connectivity index (χ3n) is 0. The van der Waals surface area contributed by atoms with Crippen molar-refractivity contribution in [3.8, 4) is 0 Å². The Bertz CT molecular complexity index is 6.00. The van der Waals surface area contributed by atoms with Crippen LogP contribution >= 0.6 is 0 Å². The quantitative estimate of drug-likeness (QED) is 0.296. The van der Waals surface area contributed by atoms with Crippen LogP contribution in [0.25, 0.3) is 0 Å². The largest absolute Gasteiger partial charge is 4.00 e. The van der Waals surface area contributed by atoms with E-state index >= 15 is 0 Å². The van der Waals surface area contributed by atoms with Gasteiger partial charge in [0.25, 0.3) is 0 Å². The molecule has 4 heavy (non-hydrogen) atoms. The molecule has 0 N–H and O–H groups in total. The maximum Gasteiger partial charge on any atom is 4.00 e. The molecule has 0 aliphatic rings. The molecule has 0 amide bonds. The fourth-order valence-corrected chi connectivity index (χ4v) is 0. The second kappa shape index (κ2) is 19.7. The topological polar surface area (TPSA) is 0 Å². The van der Waals surface area contributed by atoms with Crippen molar-refractivity contribution in [1.29, 1.82) is 0 Å². The zero-order chi connectivity index (χ0) is 0. The smallest absolute Gasteiger partial charge is 1.00 e. The molecule has 0 aliphatic heterocycles. The second-order valence-electron chi connectivity index (χ2n) is 0. The van der Waals surface area contributed by atoms with Gasteiger partial charge in [0.15, 0.2) is 0 Å². The first kappa shape index (κ1) is 36.6. The van der Waals surface area contributed by atoms with Crippen molar-refractivity contribution in [2.75, 3.05) is 0 Å². The Morgan fingerprint density at radius 1 is 0.750 bits per heavy atom. The number of hydrogen-bond donors (Lipinski definition) is 0. The molecule has 0 saturated heterocycles. The average molecular weight is 143 g/mol. The van der Waals surface area contributed by atoms with Crippen LogP contribution in [-0.4, -0.2) is 23.1 Å². The summed E-state index contributed by atoms with van der Waals surface area (Å²) >= 11 is 0. The maximum atomic E-state index is 0. The van der Waals surface area contributed by atoms with Gasteiger partial charge in [0.2, 0.25) is 0 Å². The third-order valence-corrected chi connectivity index (χ3v) is 0. The second-order valence-corrected chi connectivity index (χ2v) is 0. The van der Waals surface area contributed by atoms with Gasteiger partial charge in [0.05, 0.1) is 0 Å². The van der Waals surface area contributed by atoms with Gasteiger partial charge in [-0.15, -0.1) is 0 Å². The molecular weight excluding hydrogens is 143 g/mol. The van der Waals surface area contributed by atoms with Crippen LogP contribution in [0.3, 0.4) is 0 Å². The molecule has 0 saturated carbocycles. The maximum absolute atomic E-state index is 0. The molecule has 0 bridgehead atoms. The van der Waals surface area contributed by atoms with Crippen molar-refractivity contribution >= 4 is 23.1 Å². The summed E-state index contributed by atoms with van der Waals surface area (Å²) < 4.78 is 0. The van der Waals surface area contributed by atoms with Crippen LogP contribution in [0, 0.1) is 0 Å². The van der Waals surface area contributed by atoms with E-state index in [1.165, 1.54) is 0 Å². The summed E-state index contributed by atoms with van der Waals surface area (Å²) in [7, 11) is 0. The van der Waals surface area contributed by atoms with E-state index < -0.39 is 0 Å². The van der Waals surface area contributed by atoms with Crippen LogP contribution in [0.2, 0.25) is 0 Å². The van der Waals surface area contributed by atoms with E-state index in [-0.39, 0.29) is 69.6 Å². The predicted octanol–water partition coefficient (Wildman–Crippen LogP) is -6.38. The summed E-state index contributed by atoms with van der Waals surface area (Å²) in [5.74, 6) is 0. The number of rotatable bonds is 0. The first-order chi connectivity index (χ1) is 0. The molecule has 4 heteroatoms. The van der Waals surface area contributed by atoms with E-state index in [4.69, 9.17) is 0 Å². The molecule has 0 nitrogen and oxygen atoms in total. The molecule has 16 valence electrons. The van der Waals surface area contributed by atoms with Crippen molar-refractivity contribution in [2.24, 2.45) is 0 Å². The minimum absolute atomic E-state index is 0. The van der Waals surface area contributed by atoms with Gasteiger partial charge in [0, 0.05) is 0 Å². The molecule has 0 spiro atoms. The summed E-state index contributed by atoms with van der Waals surface area (Å²) in [5, 5.41) is 0. The Morgan fingerprint density at radius 3 is 0.750 bits per heavy atom. The predicted molar refractivity (Wildman–Crippen MR) is 5.75 cm³/mol.